The van der Waals surface area contributed by atoms with Crippen molar-refractivity contribution in [2.45, 2.75) is 26.3 Å². The molecule has 0 spiro atoms. The van der Waals surface area contributed by atoms with Crippen LogP contribution in [0.15, 0.2) is 18.3 Å². The normalized spacial score (nSPS) is 17.2. The molecule has 0 saturated carbocycles. The first-order chi connectivity index (χ1) is 8.20. The van der Waals surface area contributed by atoms with Gasteiger partial charge in [0.15, 0.2) is 0 Å². The number of nitrogens with zero attached hydrogens (tertiary/aromatic N) is 2. The zero-order chi connectivity index (χ0) is 12.3. The van der Waals surface area contributed by atoms with Crippen LogP contribution in [-0.2, 0) is 6.54 Å². The van der Waals surface area contributed by atoms with Crippen molar-refractivity contribution in [3.05, 3.63) is 29.6 Å². The molecule has 0 atom stereocenters. The molecule has 4 heteroatoms. The fraction of sp³-hybridized carbons (Fsp3) is 0.538. The van der Waals surface area contributed by atoms with Crippen molar-refractivity contribution in [2.24, 2.45) is 11.7 Å². The van der Waals surface area contributed by atoms with Gasteiger partial charge in [-0.15, -0.1) is 0 Å². The van der Waals surface area contributed by atoms with Gasteiger partial charge >= 0.3 is 0 Å². The Bertz CT molecular complexity index is 397. The molecule has 1 aliphatic heterocycles. The average Bonchev–Trinajstić information content (AvgIpc) is 2.39. The number of carbonyl (C=O) groups excluding carboxylic acids is 1. The van der Waals surface area contributed by atoms with Crippen LogP contribution >= 0.6 is 0 Å². The average molecular weight is 233 g/mol. The molecule has 0 unspecified atom stereocenters. The number of pyridine rings is 1. The van der Waals surface area contributed by atoms with Crippen molar-refractivity contribution in [3.63, 3.8) is 0 Å². The molecular weight excluding hydrogens is 214 g/mol. The molecule has 92 valence electrons. The summed E-state index contributed by atoms with van der Waals surface area (Å²) in [5, 5.41) is 0. The van der Waals surface area contributed by atoms with E-state index in [1.54, 1.807) is 18.3 Å². The number of hydrogen-bond donors (Lipinski definition) is 1. The highest BCUT2D eigenvalue weighted by Crippen LogP contribution is 2.18. The van der Waals surface area contributed by atoms with E-state index in [4.69, 9.17) is 5.73 Å². The monoisotopic (exact) mass is 233 g/mol. The zero-order valence-corrected chi connectivity index (χ0v) is 10.2. The van der Waals surface area contributed by atoms with Crippen LogP contribution in [0.2, 0.25) is 0 Å². The minimum atomic E-state index is 0.106. The summed E-state index contributed by atoms with van der Waals surface area (Å²) in [5.41, 5.74) is 7.00. The van der Waals surface area contributed by atoms with E-state index in [9.17, 15) is 4.79 Å². The van der Waals surface area contributed by atoms with E-state index in [0.717, 1.165) is 37.5 Å². The highest BCUT2D eigenvalue weighted by Gasteiger charge is 2.21. The lowest BCUT2D eigenvalue weighted by Gasteiger charge is -2.30. The number of piperidine rings is 1. The number of carbonyl (C=O) groups is 1. The summed E-state index contributed by atoms with van der Waals surface area (Å²) in [5.74, 6) is 0.838. The summed E-state index contributed by atoms with van der Waals surface area (Å²) < 4.78 is 0. The van der Waals surface area contributed by atoms with E-state index in [-0.39, 0.29) is 5.91 Å². The Labute approximate surface area is 102 Å². The van der Waals surface area contributed by atoms with Crippen LogP contribution < -0.4 is 5.73 Å². The van der Waals surface area contributed by atoms with Gasteiger partial charge in [0, 0.05) is 31.4 Å². The van der Waals surface area contributed by atoms with Crippen molar-refractivity contribution in [3.8, 4) is 0 Å². The van der Waals surface area contributed by atoms with Crippen molar-refractivity contribution >= 4 is 5.91 Å². The first-order valence-corrected chi connectivity index (χ1v) is 6.15. The Morgan fingerprint density at radius 1 is 1.53 bits per heavy atom. The van der Waals surface area contributed by atoms with Gasteiger partial charge in [0.05, 0.1) is 5.69 Å². The van der Waals surface area contributed by atoms with E-state index >= 15 is 0 Å². The molecule has 4 nitrogen and oxygen atoms in total. The summed E-state index contributed by atoms with van der Waals surface area (Å²) in [6.45, 7) is 4.33. The number of hydrogen-bond acceptors (Lipinski definition) is 3. The minimum Gasteiger partial charge on any atom is -0.339 e. The van der Waals surface area contributed by atoms with Crippen LogP contribution in [0, 0.1) is 5.92 Å². The quantitative estimate of drug-likeness (QED) is 0.840. The van der Waals surface area contributed by atoms with Gasteiger partial charge in [-0.2, -0.15) is 0 Å². The van der Waals surface area contributed by atoms with Crippen LogP contribution in [0.1, 0.15) is 35.8 Å². The highest BCUT2D eigenvalue weighted by atomic mass is 16.2. The van der Waals surface area contributed by atoms with E-state index in [1.165, 1.54) is 0 Å². The summed E-state index contributed by atoms with van der Waals surface area (Å²) in [7, 11) is 0. The van der Waals surface area contributed by atoms with E-state index in [1.807, 2.05) is 4.90 Å². The Kier molecular flexibility index (Phi) is 3.74. The predicted octanol–water partition coefficient (Wildman–Crippen LogP) is 1.41. The molecule has 0 radical (unpaired) electrons. The van der Waals surface area contributed by atoms with Crippen LogP contribution in [0.25, 0.3) is 0 Å². The van der Waals surface area contributed by atoms with Gasteiger partial charge in [-0.3, -0.25) is 9.78 Å². The number of amides is 1. The Morgan fingerprint density at radius 3 is 2.88 bits per heavy atom. The Morgan fingerprint density at radius 2 is 2.24 bits per heavy atom. The second-order valence-electron chi connectivity index (χ2n) is 4.71. The minimum absolute atomic E-state index is 0.106. The zero-order valence-electron chi connectivity index (χ0n) is 10.2. The van der Waals surface area contributed by atoms with Crippen molar-refractivity contribution in [2.75, 3.05) is 13.1 Å². The van der Waals surface area contributed by atoms with Gasteiger partial charge in [-0.25, -0.2) is 0 Å². The molecule has 1 aliphatic rings. The lowest BCUT2D eigenvalue weighted by molar-refractivity contribution is 0.0697. The smallest absolute Gasteiger partial charge is 0.253 e. The number of rotatable bonds is 2. The fourth-order valence-corrected chi connectivity index (χ4v) is 2.12. The molecule has 1 amide bonds. The largest absolute Gasteiger partial charge is 0.339 e. The van der Waals surface area contributed by atoms with Crippen LogP contribution in [0.4, 0.5) is 0 Å². The first kappa shape index (κ1) is 12.0. The molecule has 0 bridgehead atoms. The number of aromatic nitrogens is 1. The maximum atomic E-state index is 12.2. The third-order valence-electron chi connectivity index (χ3n) is 3.34. The predicted molar refractivity (Wildman–Crippen MR) is 66.4 cm³/mol. The molecule has 1 fully saturated rings. The van der Waals surface area contributed by atoms with Gasteiger partial charge in [-0.1, -0.05) is 6.92 Å². The molecule has 1 saturated heterocycles. The topological polar surface area (TPSA) is 59.2 Å². The van der Waals surface area contributed by atoms with Gasteiger partial charge in [0.25, 0.3) is 5.91 Å². The van der Waals surface area contributed by atoms with E-state index in [2.05, 4.69) is 11.9 Å². The van der Waals surface area contributed by atoms with Crippen LogP contribution in [-0.4, -0.2) is 28.9 Å². The SMILES string of the molecule is CC1CCN(C(=O)c2ccnc(CN)c2)CC1. The molecule has 0 aromatic carbocycles. The lowest BCUT2D eigenvalue weighted by Crippen LogP contribution is -2.37. The summed E-state index contributed by atoms with van der Waals surface area (Å²) in [4.78, 5) is 18.3. The summed E-state index contributed by atoms with van der Waals surface area (Å²) in [6, 6.07) is 3.56. The molecule has 2 rings (SSSR count). The molecule has 1 aromatic heterocycles. The van der Waals surface area contributed by atoms with Gasteiger partial charge in [0.1, 0.15) is 0 Å². The fourth-order valence-electron chi connectivity index (χ4n) is 2.12. The molecular formula is C13H19N3O. The summed E-state index contributed by atoms with van der Waals surface area (Å²) in [6.07, 6.45) is 3.85. The van der Waals surface area contributed by atoms with Crippen LogP contribution in [0.5, 0.6) is 0 Å². The first-order valence-electron chi connectivity index (χ1n) is 6.15. The summed E-state index contributed by atoms with van der Waals surface area (Å²) >= 11 is 0. The molecule has 2 N–H and O–H groups in total. The standard InChI is InChI=1S/C13H19N3O/c1-10-3-6-16(7-4-10)13(17)11-2-5-15-12(8-11)9-14/h2,5,8,10H,3-4,6-7,9,14H2,1H3. The third kappa shape index (κ3) is 2.82. The van der Waals surface area contributed by atoms with E-state index in [0.29, 0.717) is 12.1 Å². The molecule has 2 heterocycles. The highest BCUT2D eigenvalue weighted by molar-refractivity contribution is 5.94. The number of nitrogens with two attached hydrogens (primary N) is 1. The molecule has 17 heavy (non-hydrogen) atoms. The molecule has 1 aromatic rings. The second kappa shape index (κ2) is 5.27. The number of likely N-dealkylation sites (tertiary alicyclic amines) is 1. The maximum absolute atomic E-state index is 12.2. The lowest BCUT2D eigenvalue weighted by atomic mass is 9.98. The van der Waals surface area contributed by atoms with E-state index < -0.39 is 0 Å². The van der Waals surface area contributed by atoms with Gasteiger partial charge in [0.2, 0.25) is 0 Å². The maximum Gasteiger partial charge on any atom is 0.253 e. The van der Waals surface area contributed by atoms with Crippen molar-refractivity contribution < 1.29 is 4.79 Å². The van der Waals surface area contributed by atoms with Crippen molar-refractivity contribution in [1.82, 2.24) is 9.88 Å². The third-order valence-corrected chi connectivity index (χ3v) is 3.34. The molecule has 0 aliphatic carbocycles. The second-order valence-corrected chi connectivity index (χ2v) is 4.71. The van der Waals surface area contributed by atoms with Crippen molar-refractivity contribution in [1.29, 1.82) is 0 Å². The van der Waals surface area contributed by atoms with Crippen LogP contribution in [0.3, 0.4) is 0 Å². The van der Waals surface area contributed by atoms with Gasteiger partial charge < -0.3 is 10.6 Å². The van der Waals surface area contributed by atoms with Gasteiger partial charge in [-0.05, 0) is 30.9 Å². The Balaban J connectivity index is 2.08. The Hall–Kier alpha value is -1.42.